The fourth-order valence-corrected chi connectivity index (χ4v) is 5.24. The van der Waals surface area contributed by atoms with E-state index in [1.807, 2.05) is 0 Å². The maximum atomic E-state index is 13.4. The third-order valence-corrected chi connectivity index (χ3v) is 7.39. The van der Waals surface area contributed by atoms with Crippen molar-refractivity contribution in [3.05, 3.63) is 58.4 Å². The van der Waals surface area contributed by atoms with Crippen LogP contribution in [0, 0.1) is 0 Å². The molecule has 0 radical (unpaired) electrons. The third kappa shape index (κ3) is 5.15. The van der Waals surface area contributed by atoms with Gasteiger partial charge in [0.25, 0.3) is 0 Å². The van der Waals surface area contributed by atoms with E-state index < -0.39 is 37.1 Å². The van der Waals surface area contributed by atoms with Crippen molar-refractivity contribution in [3.63, 3.8) is 0 Å². The van der Waals surface area contributed by atoms with Gasteiger partial charge in [0.05, 0.1) is 29.7 Å². The number of hydrogen-bond acceptors (Lipinski definition) is 10. The molecule has 5 rings (SSSR count). The molecule has 0 saturated carbocycles. The minimum absolute atomic E-state index is 0.0268. The molecule has 0 bridgehead atoms. The highest BCUT2D eigenvalue weighted by atomic mass is 16.5. The molecular weight excluding hydrogens is 494 g/mol. The number of aromatic hydroxyl groups is 1. The minimum Gasteiger partial charge on any atom is -0.507 e. The van der Waals surface area contributed by atoms with Crippen molar-refractivity contribution >= 4 is 11.0 Å². The monoisotopic (exact) mass is 527 g/mol. The van der Waals surface area contributed by atoms with Crippen molar-refractivity contribution in [1.29, 1.82) is 0 Å². The molecule has 3 aromatic rings. The summed E-state index contributed by atoms with van der Waals surface area (Å²) < 4.78 is 17.2. The van der Waals surface area contributed by atoms with Gasteiger partial charge in [-0.25, -0.2) is 0 Å². The molecule has 2 aliphatic rings. The normalized spacial score (nSPS) is 26.2. The number of phenolic OH excluding ortho intramolecular Hbond substituents is 1. The number of nitrogens with zero attached hydrogens (tertiary/aromatic N) is 1. The second-order valence-electron chi connectivity index (χ2n) is 9.88. The Hall–Kier alpha value is -2.99. The van der Waals surface area contributed by atoms with Crippen molar-refractivity contribution < 1.29 is 39.4 Å². The first-order valence-corrected chi connectivity index (χ1v) is 12.9. The number of likely N-dealkylation sites (tertiary alicyclic amines) is 1. The molecule has 5 N–H and O–H groups in total. The van der Waals surface area contributed by atoms with Gasteiger partial charge in [0.1, 0.15) is 53.9 Å². The van der Waals surface area contributed by atoms with Gasteiger partial charge in [-0.3, -0.25) is 4.79 Å². The van der Waals surface area contributed by atoms with Crippen LogP contribution in [-0.2, 0) is 4.74 Å². The van der Waals surface area contributed by atoms with Gasteiger partial charge in [-0.1, -0.05) is 12.1 Å². The maximum Gasteiger partial charge on any atom is 0.200 e. The first-order chi connectivity index (χ1) is 18.4. The van der Waals surface area contributed by atoms with E-state index in [4.69, 9.17) is 13.9 Å². The largest absolute Gasteiger partial charge is 0.507 e. The topological polar surface area (TPSA) is 153 Å². The molecule has 204 valence electrons. The van der Waals surface area contributed by atoms with Gasteiger partial charge < -0.3 is 44.3 Å². The first kappa shape index (κ1) is 26.6. The third-order valence-electron chi connectivity index (χ3n) is 7.39. The molecule has 2 aromatic carbocycles. The van der Waals surface area contributed by atoms with Crippen LogP contribution in [0.3, 0.4) is 0 Å². The summed E-state index contributed by atoms with van der Waals surface area (Å²) in [5.41, 5.74) is 0.467. The van der Waals surface area contributed by atoms with Gasteiger partial charge in [0, 0.05) is 6.54 Å². The lowest BCUT2D eigenvalue weighted by molar-refractivity contribution is -0.231. The Morgan fingerprint density at radius 1 is 0.974 bits per heavy atom. The molecule has 3 heterocycles. The van der Waals surface area contributed by atoms with E-state index >= 15 is 0 Å². The first-order valence-electron chi connectivity index (χ1n) is 12.9. The molecule has 10 nitrogen and oxygen atoms in total. The fraction of sp³-hybridized carbons (Fsp3) is 0.464. The summed E-state index contributed by atoms with van der Waals surface area (Å²) in [5.74, 6) is 0.374. The van der Waals surface area contributed by atoms with Crippen molar-refractivity contribution in [2.24, 2.45) is 0 Å². The summed E-state index contributed by atoms with van der Waals surface area (Å²) in [6.45, 7) is 3.33. The van der Waals surface area contributed by atoms with Crippen LogP contribution in [0.15, 0.2) is 51.9 Å². The summed E-state index contributed by atoms with van der Waals surface area (Å²) in [6.07, 6.45) is -2.64. The van der Waals surface area contributed by atoms with Gasteiger partial charge in [-0.15, -0.1) is 0 Å². The summed E-state index contributed by atoms with van der Waals surface area (Å²) in [6, 6.07) is 9.82. The van der Waals surface area contributed by atoms with E-state index in [0.717, 1.165) is 26.1 Å². The highest BCUT2D eigenvalue weighted by Crippen LogP contribution is 2.40. The molecule has 2 aliphatic heterocycles. The average Bonchev–Trinajstić information content (AvgIpc) is 3.45. The van der Waals surface area contributed by atoms with Crippen LogP contribution >= 0.6 is 0 Å². The SMILES string of the molecule is O=c1c(-c2ccc(OCCCN3CCCC3)cc2)coc2c([C@@H]3O[C@H](CO)[C@@H](O)[C@H](O)[C@H]3O)c(O)ccc12. The molecule has 38 heavy (non-hydrogen) atoms. The Balaban J connectivity index is 1.37. The molecule has 0 aliphatic carbocycles. The lowest BCUT2D eigenvalue weighted by Gasteiger charge is -2.40. The number of benzene rings is 2. The highest BCUT2D eigenvalue weighted by molar-refractivity contribution is 5.86. The van der Waals surface area contributed by atoms with Crippen LogP contribution in [0.5, 0.6) is 11.5 Å². The predicted octanol–water partition coefficient (Wildman–Crippen LogP) is 1.55. The van der Waals surface area contributed by atoms with Crippen LogP contribution in [-0.4, -0.2) is 87.7 Å². The molecule has 0 amide bonds. The van der Waals surface area contributed by atoms with Gasteiger partial charge in [0.15, 0.2) is 0 Å². The molecule has 5 atom stereocenters. The molecular formula is C28H33NO9. The molecule has 0 unspecified atom stereocenters. The van der Waals surface area contributed by atoms with Gasteiger partial charge in [-0.05, 0) is 62.2 Å². The van der Waals surface area contributed by atoms with Crippen molar-refractivity contribution in [2.45, 2.75) is 49.8 Å². The Kier molecular flexibility index (Phi) is 7.98. The van der Waals surface area contributed by atoms with Crippen molar-refractivity contribution in [1.82, 2.24) is 4.90 Å². The maximum absolute atomic E-state index is 13.4. The number of hydrogen-bond donors (Lipinski definition) is 5. The second-order valence-corrected chi connectivity index (χ2v) is 9.88. The van der Waals surface area contributed by atoms with Crippen LogP contribution in [0.25, 0.3) is 22.1 Å². The molecule has 10 heteroatoms. The average molecular weight is 528 g/mol. The van der Waals surface area contributed by atoms with E-state index in [1.54, 1.807) is 24.3 Å². The molecule has 1 aromatic heterocycles. The fourth-order valence-electron chi connectivity index (χ4n) is 5.24. The number of phenols is 1. The summed E-state index contributed by atoms with van der Waals surface area (Å²) >= 11 is 0. The van der Waals surface area contributed by atoms with E-state index in [2.05, 4.69) is 4.90 Å². The van der Waals surface area contributed by atoms with Crippen LogP contribution in [0.1, 0.15) is 30.9 Å². The van der Waals surface area contributed by atoms with Crippen molar-refractivity contribution in [2.75, 3.05) is 32.8 Å². The van der Waals surface area contributed by atoms with E-state index in [0.29, 0.717) is 23.5 Å². The minimum atomic E-state index is -1.65. The standard InChI is InChI=1S/C28H33NO9/c30-14-21-24(33)25(34)26(35)28(38-21)22-20(31)9-8-18-23(32)19(15-37-27(18)22)16-4-6-17(7-5-16)36-13-3-12-29-10-1-2-11-29/h4-9,15,21,24-26,28,30-31,33-35H,1-3,10-14H2/t21-,24-,25+,26-,28+/m1/s1. The number of fused-ring (bicyclic) bond motifs is 1. The van der Waals surface area contributed by atoms with E-state index in [-0.39, 0.29) is 27.7 Å². The van der Waals surface area contributed by atoms with E-state index in [1.165, 1.54) is 31.2 Å². The molecule has 2 saturated heterocycles. The number of aliphatic hydroxyl groups excluding tert-OH is 4. The molecule has 0 spiro atoms. The number of rotatable bonds is 8. The Morgan fingerprint density at radius 2 is 1.71 bits per heavy atom. The Labute approximate surface area is 219 Å². The molecule has 2 fully saturated rings. The lowest BCUT2D eigenvalue weighted by atomic mass is 9.89. The van der Waals surface area contributed by atoms with Gasteiger partial charge >= 0.3 is 0 Å². The van der Waals surface area contributed by atoms with Gasteiger partial charge in [0.2, 0.25) is 5.43 Å². The zero-order valence-electron chi connectivity index (χ0n) is 20.9. The Bertz CT molecular complexity index is 1300. The van der Waals surface area contributed by atoms with Gasteiger partial charge in [-0.2, -0.15) is 0 Å². The lowest BCUT2D eigenvalue weighted by Crippen LogP contribution is -2.55. The zero-order chi connectivity index (χ0) is 26.8. The zero-order valence-corrected chi connectivity index (χ0v) is 20.9. The van der Waals surface area contributed by atoms with Crippen LogP contribution < -0.4 is 10.2 Å². The van der Waals surface area contributed by atoms with Crippen molar-refractivity contribution in [3.8, 4) is 22.6 Å². The number of aliphatic hydroxyl groups is 4. The van der Waals surface area contributed by atoms with E-state index in [9.17, 15) is 30.3 Å². The van der Waals surface area contributed by atoms with Crippen LogP contribution in [0.2, 0.25) is 0 Å². The summed E-state index contributed by atoms with van der Waals surface area (Å²) in [4.78, 5) is 15.8. The Morgan fingerprint density at radius 3 is 2.42 bits per heavy atom. The summed E-state index contributed by atoms with van der Waals surface area (Å²) in [5, 5.41) is 51.1. The summed E-state index contributed by atoms with van der Waals surface area (Å²) in [7, 11) is 0. The second kappa shape index (κ2) is 11.4. The quantitative estimate of drug-likeness (QED) is 0.273. The highest BCUT2D eigenvalue weighted by Gasteiger charge is 2.45. The smallest absolute Gasteiger partial charge is 0.200 e. The predicted molar refractivity (Wildman–Crippen MR) is 138 cm³/mol. The number of ether oxygens (including phenoxy) is 2. The van der Waals surface area contributed by atoms with Crippen LogP contribution in [0.4, 0.5) is 0 Å².